The number of alkyl halides is 2. The van der Waals surface area contributed by atoms with Crippen LogP contribution in [0.25, 0.3) is 11.4 Å². The van der Waals surface area contributed by atoms with Crippen LogP contribution >= 0.6 is 0 Å². The molecule has 0 aliphatic carbocycles. The van der Waals surface area contributed by atoms with Gasteiger partial charge in [0.1, 0.15) is 0 Å². The molecule has 0 aliphatic heterocycles. The zero-order valence-corrected chi connectivity index (χ0v) is 12.4. The summed E-state index contributed by atoms with van der Waals surface area (Å²) in [5, 5.41) is 6.27. The van der Waals surface area contributed by atoms with Gasteiger partial charge in [-0.1, -0.05) is 35.5 Å². The lowest BCUT2D eigenvalue weighted by atomic mass is 10.1. The molecule has 2 aromatic carbocycles. The fourth-order valence-electron chi connectivity index (χ4n) is 2.13. The van der Waals surface area contributed by atoms with Crippen molar-refractivity contribution in [1.82, 2.24) is 10.1 Å². The van der Waals surface area contributed by atoms with Gasteiger partial charge in [-0.25, -0.2) is 0 Å². The maximum Gasteiger partial charge on any atom is 0.315 e. The Morgan fingerprint density at radius 1 is 1.08 bits per heavy atom. The Bertz CT molecular complexity index is 817. The summed E-state index contributed by atoms with van der Waals surface area (Å²) in [7, 11) is 0. The van der Waals surface area contributed by atoms with Crippen LogP contribution in [-0.4, -0.2) is 16.0 Å². The summed E-state index contributed by atoms with van der Waals surface area (Å²) in [5.74, 6) is -0.786. The van der Waals surface area contributed by atoms with Crippen molar-refractivity contribution in [1.29, 1.82) is 0 Å². The summed E-state index contributed by atoms with van der Waals surface area (Å²) >= 11 is 0. The third-order valence-corrected chi connectivity index (χ3v) is 3.26. The minimum Gasteiger partial charge on any atom is -0.333 e. The van der Waals surface area contributed by atoms with Crippen LogP contribution < -0.4 is 5.32 Å². The van der Waals surface area contributed by atoms with Crippen LogP contribution in [0.5, 0.6) is 0 Å². The van der Waals surface area contributed by atoms with Gasteiger partial charge in [-0.05, 0) is 29.8 Å². The van der Waals surface area contributed by atoms with Gasteiger partial charge in [0.05, 0.1) is 6.42 Å². The number of nitrogens with zero attached hydrogens (tertiary/aromatic N) is 2. The highest BCUT2D eigenvalue weighted by Gasteiger charge is 2.17. The number of nitrogens with one attached hydrogen (secondary N) is 1. The molecule has 1 aromatic heterocycles. The van der Waals surface area contributed by atoms with Crippen molar-refractivity contribution in [2.24, 2.45) is 0 Å². The molecule has 1 heterocycles. The van der Waals surface area contributed by atoms with Crippen LogP contribution in [0, 0.1) is 0 Å². The van der Waals surface area contributed by atoms with Crippen molar-refractivity contribution in [2.75, 3.05) is 5.32 Å². The van der Waals surface area contributed by atoms with E-state index in [2.05, 4.69) is 20.0 Å². The second kappa shape index (κ2) is 6.99. The summed E-state index contributed by atoms with van der Waals surface area (Å²) < 4.78 is 29.3. The van der Waals surface area contributed by atoms with Crippen molar-refractivity contribution in [3.8, 4) is 11.4 Å². The Morgan fingerprint density at radius 3 is 2.42 bits per heavy atom. The predicted molar refractivity (Wildman–Crippen MR) is 83.5 cm³/mol. The van der Waals surface area contributed by atoms with E-state index >= 15 is 0 Å². The van der Waals surface area contributed by atoms with E-state index < -0.39 is 12.3 Å². The monoisotopic (exact) mass is 329 g/mol. The number of anilines is 1. The second-order valence-electron chi connectivity index (χ2n) is 5.04. The molecule has 0 radical (unpaired) electrons. The zero-order valence-electron chi connectivity index (χ0n) is 12.4. The van der Waals surface area contributed by atoms with Crippen LogP contribution in [0.1, 0.15) is 17.9 Å². The highest BCUT2D eigenvalue weighted by molar-refractivity contribution is 5.92. The van der Waals surface area contributed by atoms with Gasteiger partial charge in [0, 0.05) is 11.3 Å². The fraction of sp³-hybridized carbons (Fsp3) is 0.118. The highest BCUT2D eigenvalue weighted by atomic mass is 19.3. The highest BCUT2D eigenvalue weighted by Crippen LogP contribution is 2.22. The van der Waals surface area contributed by atoms with Crippen molar-refractivity contribution in [3.63, 3.8) is 0 Å². The number of carbonyl (C=O) groups excluding carboxylic acids is 1. The molecular weight excluding hydrogens is 316 g/mol. The third kappa shape index (κ3) is 3.81. The van der Waals surface area contributed by atoms with Crippen LogP contribution in [0.3, 0.4) is 0 Å². The lowest BCUT2D eigenvalue weighted by molar-refractivity contribution is -0.115. The van der Waals surface area contributed by atoms with E-state index in [4.69, 9.17) is 0 Å². The van der Waals surface area contributed by atoms with Gasteiger partial charge in [0.2, 0.25) is 11.7 Å². The Hall–Kier alpha value is -3.09. The van der Waals surface area contributed by atoms with Gasteiger partial charge in [0.15, 0.2) is 0 Å². The Balaban J connectivity index is 1.64. The smallest absolute Gasteiger partial charge is 0.315 e. The second-order valence-corrected chi connectivity index (χ2v) is 5.04. The molecule has 0 fully saturated rings. The molecule has 1 amide bonds. The zero-order chi connectivity index (χ0) is 16.9. The third-order valence-electron chi connectivity index (χ3n) is 3.26. The lowest BCUT2D eigenvalue weighted by Crippen LogP contribution is -2.14. The number of carbonyl (C=O) groups is 1. The van der Waals surface area contributed by atoms with E-state index in [1.54, 1.807) is 24.3 Å². The number of aromatic nitrogens is 2. The van der Waals surface area contributed by atoms with Crippen molar-refractivity contribution in [3.05, 3.63) is 66.1 Å². The standard InChI is InChI=1S/C17H13F2N3O2/c18-15(19)17-21-16(22-24-17)12-6-8-13(9-7-12)20-14(23)10-11-4-2-1-3-5-11/h1-9,15H,10H2,(H,20,23). The molecule has 3 aromatic rings. The van der Waals surface area contributed by atoms with E-state index in [0.717, 1.165) is 5.56 Å². The topological polar surface area (TPSA) is 68.0 Å². The number of hydrogen-bond acceptors (Lipinski definition) is 4. The molecule has 0 bridgehead atoms. The average Bonchev–Trinajstić information content (AvgIpc) is 3.07. The minimum atomic E-state index is -2.80. The van der Waals surface area contributed by atoms with Gasteiger partial charge in [-0.3, -0.25) is 4.79 Å². The first-order chi connectivity index (χ1) is 11.6. The van der Waals surface area contributed by atoms with Gasteiger partial charge in [0.25, 0.3) is 5.89 Å². The van der Waals surface area contributed by atoms with Crippen molar-refractivity contribution >= 4 is 11.6 Å². The van der Waals surface area contributed by atoms with Crippen LogP contribution in [0.15, 0.2) is 59.1 Å². The fourth-order valence-corrected chi connectivity index (χ4v) is 2.13. The van der Waals surface area contributed by atoms with E-state index in [9.17, 15) is 13.6 Å². The van der Waals surface area contributed by atoms with Crippen molar-refractivity contribution in [2.45, 2.75) is 12.8 Å². The molecule has 0 saturated carbocycles. The number of hydrogen-bond donors (Lipinski definition) is 1. The predicted octanol–water partition coefficient (Wildman–Crippen LogP) is 3.86. The average molecular weight is 329 g/mol. The van der Waals surface area contributed by atoms with E-state index in [1.165, 1.54) is 0 Å². The molecule has 0 spiro atoms. The number of rotatable bonds is 5. The summed E-state index contributed by atoms with van der Waals surface area (Å²) in [6, 6.07) is 15.9. The van der Waals surface area contributed by atoms with Crippen LogP contribution in [-0.2, 0) is 11.2 Å². The molecule has 0 saturated heterocycles. The minimum absolute atomic E-state index is 0.0764. The summed E-state index contributed by atoms with van der Waals surface area (Å²) in [6.45, 7) is 0. The maximum atomic E-state index is 12.4. The molecule has 0 atom stereocenters. The Morgan fingerprint density at radius 2 is 1.79 bits per heavy atom. The number of benzene rings is 2. The number of halogens is 2. The normalized spacial score (nSPS) is 10.8. The first-order valence-electron chi connectivity index (χ1n) is 7.18. The molecule has 5 nitrogen and oxygen atoms in total. The Labute approximate surface area is 136 Å². The quantitative estimate of drug-likeness (QED) is 0.772. The Kier molecular flexibility index (Phi) is 4.60. The van der Waals surface area contributed by atoms with E-state index in [1.807, 2.05) is 30.3 Å². The molecule has 7 heteroatoms. The summed E-state index contributed by atoms with van der Waals surface area (Å²) in [4.78, 5) is 15.6. The summed E-state index contributed by atoms with van der Waals surface area (Å²) in [6.07, 6.45) is -2.53. The molecular formula is C17H13F2N3O2. The van der Waals surface area contributed by atoms with Gasteiger partial charge < -0.3 is 9.84 Å². The van der Waals surface area contributed by atoms with E-state index in [0.29, 0.717) is 11.3 Å². The molecule has 24 heavy (non-hydrogen) atoms. The first kappa shape index (κ1) is 15.8. The molecule has 3 rings (SSSR count). The van der Waals surface area contributed by atoms with Gasteiger partial charge in [-0.15, -0.1) is 0 Å². The largest absolute Gasteiger partial charge is 0.333 e. The molecule has 0 aliphatic rings. The lowest BCUT2D eigenvalue weighted by Gasteiger charge is -2.05. The molecule has 1 N–H and O–H groups in total. The maximum absolute atomic E-state index is 12.4. The van der Waals surface area contributed by atoms with E-state index in [-0.39, 0.29) is 18.2 Å². The van der Waals surface area contributed by atoms with Gasteiger partial charge in [-0.2, -0.15) is 13.8 Å². The molecule has 0 unspecified atom stereocenters. The van der Waals surface area contributed by atoms with Crippen molar-refractivity contribution < 1.29 is 18.1 Å². The molecule has 122 valence electrons. The first-order valence-corrected chi connectivity index (χ1v) is 7.18. The van der Waals surface area contributed by atoms with Crippen LogP contribution in [0.2, 0.25) is 0 Å². The summed E-state index contributed by atoms with van der Waals surface area (Å²) in [5.41, 5.74) is 2.03. The number of amides is 1. The SMILES string of the molecule is O=C(Cc1ccccc1)Nc1ccc(-c2noc(C(F)F)n2)cc1. The van der Waals surface area contributed by atoms with Gasteiger partial charge >= 0.3 is 6.43 Å². The van der Waals surface area contributed by atoms with Crippen LogP contribution in [0.4, 0.5) is 14.5 Å².